The molecule has 8 heteroatoms. The van der Waals surface area contributed by atoms with E-state index in [2.05, 4.69) is 49.8 Å². The Kier molecular flexibility index (Phi) is 9.38. The third kappa shape index (κ3) is 6.53. The van der Waals surface area contributed by atoms with Crippen LogP contribution in [0, 0.1) is 0 Å². The predicted molar refractivity (Wildman–Crippen MR) is 118 cm³/mol. The number of thiophene rings is 1. The van der Waals surface area contributed by atoms with Crippen molar-refractivity contribution in [2.24, 2.45) is 4.99 Å². The van der Waals surface area contributed by atoms with Gasteiger partial charge in [0.15, 0.2) is 5.96 Å². The van der Waals surface area contributed by atoms with Crippen molar-refractivity contribution in [3.63, 3.8) is 0 Å². The van der Waals surface area contributed by atoms with Gasteiger partial charge in [-0.1, -0.05) is 32.3 Å². The van der Waals surface area contributed by atoms with E-state index in [0.29, 0.717) is 6.04 Å². The lowest BCUT2D eigenvalue weighted by Gasteiger charge is -2.25. The minimum Gasteiger partial charge on any atom is -0.355 e. The average molecular weight is 488 g/mol. The van der Waals surface area contributed by atoms with Crippen molar-refractivity contribution in [2.75, 3.05) is 6.54 Å². The number of nitrogens with zero attached hydrogens (tertiary/aromatic N) is 4. The van der Waals surface area contributed by atoms with E-state index in [0.717, 1.165) is 37.8 Å². The molecule has 26 heavy (non-hydrogen) atoms. The van der Waals surface area contributed by atoms with E-state index < -0.39 is 0 Å². The highest BCUT2D eigenvalue weighted by Crippen LogP contribution is 2.17. The molecule has 1 aliphatic rings. The molecule has 0 amide bonds. The smallest absolute Gasteiger partial charge is 0.191 e. The molecule has 3 rings (SSSR count). The highest BCUT2D eigenvalue weighted by molar-refractivity contribution is 14.0. The molecule has 0 radical (unpaired) electrons. The molecule has 144 valence electrons. The molecule has 0 unspecified atom stereocenters. The number of halogens is 1. The summed E-state index contributed by atoms with van der Waals surface area (Å²) in [5, 5.41) is 17.4. The molecular formula is C18H29IN6S. The van der Waals surface area contributed by atoms with Crippen LogP contribution in [0.5, 0.6) is 0 Å². The molecule has 1 fully saturated rings. The Morgan fingerprint density at radius 2 is 2.19 bits per heavy atom. The van der Waals surface area contributed by atoms with E-state index in [1.54, 1.807) is 17.7 Å². The maximum atomic E-state index is 4.79. The van der Waals surface area contributed by atoms with Crippen molar-refractivity contribution < 1.29 is 0 Å². The zero-order chi connectivity index (χ0) is 17.3. The van der Waals surface area contributed by atoms with E-state index in [9.17, 15) is 0 Å². The fraction of sp³-hybridized carbons (Fsp3) is 0.611. The third-order valence-corrected chi connectivity index (χ3v) is 5.44. The Labute approximate surface area is 176 Å². The van der Waals surface area contributed by atoms with Crippen LogP contribution in [-0.2, 0) is 19.5 Å². The summed E-state index contributed by atoms with van der Waals surface area (Å²) < 4.78 is 2.10. The van der Waals surface area contributed by atoms with Crippen molar-refractivity contribution in [3.8, 4) is 0 Å². The summed E-state index contributed by atoms with van der Waals surface area (Å²) in [6.07, 6.45) is 9.18. The number of nitrogens with one attached hydrogen (secondary N) is 2. The number of hydrogen-bond acceptors (Lipinski definition) is 4. The standard InChI is InChI=1S/C18H28N6S.HI/c1-2-17-23-21-14-24(17)11-10-19-18(20-13-16-9-6-12-25-16)22-15-7-4-3-5-8-15;/h6,9,12,14-15H,2-5,7-8,10-11,13H2,1H3,(H2,19,20,22);1H. The molecule has 0 atom stereocenters. The summed E-state index contributed by atoms with van der Waals surface area (Å²) in [7, 11) is 0. The van der Waals surface area contributed by atoms with Gasteiger partial charge in [-0.2, -0.15) is 0 Å². The van der Waals surface area contributed by atoms with Crippen LogP contribution in [0.4, 0.5) is 0 Å². The van der Waals surface area contributed by atoms with Gasteiger partial charge in [0.2, 0.25) is 0 Å². The van der Waals surface area contributed by atoms with Gasteiger partial charge >= 0.3 is 0 Å². The molecule has 2 aromatic rings. The predicted octanol–water partition coefficient (Wildman–Crippen LogP) is 3.59. The van der Waals surface area contributed by atoms with Crippen molar-refractivity contribution in [3.05, 3.63) is 34.5 Å². The number of aromatic nitrogens is 3. The van der Waals surface area contributed by atoms with Gasteiger partial charge in [-0.25, -0.2) is 4.99 Å². The minimum absolute atomic E-state index is 0. The number of aryl methyl sites for hydroxylation is 1. The Hall–Kier alpha value is -1.16. The Bertz CT molecular complexity index is 648. The van der Waals surface area contributed by atoms with Gasteiger partial charge in [0.05, 0.1) is 6.54 Å². The van der Waals surface area contributed by atoms with E-state index in [4.69, 9.17) is 4.99 Å². The second-order valence-electron chi connectivity index (χ2n) is 6.44. The van der Waals surface area contributed by atoms with Crippen LogP contribution < -0.4 is 10.6 Å². The van der Waals surface area contributed by atoms with Crippen molar-refractivity contribution >= 4 is 41.3 Å². The van der Waals surface area contributed by atoms with Gasteiger partial charge in [-0.15, -0.1) is 45.5 Å². The number of aliphatic imine (C=N–C) groups is 1. The number of guanidine groups is 1. The van der Waals surface area contributed by atoms with Gasteiger partial charge in [0.25, 0.3) is 0 Å². The lowest BCUT2D eigenvalue weighted by atomic mass is 9.96. The van der Waals surface area contributed by atoms with E-state index >= 15 is 0 Å². The van der Waals surface area contributed by atoms with Gasteiger partial charge in [-0.3, -0.25) is 0 Å². The third-order valence-electron chi connectivity index (χ3n) is 4.58. The second-order valence-corrected chi connectivity index (χ2v) is 7.48. The van der Waals surface area contributed by atoms with Gasteiger partial charge in [-0.05, 0) is 24.3 Å². The Morgan fingerprint density at radius 1 is 1.35 bits per heavy atom. The molecule has 0 aliphatic heterocycles. The molecule has 2 aromatic heterocycles. The lowest BCUT2D eigenvalue weighted by molar-refractivity contribution is 0.409. The largest absolute Gasteiger partial charge is 0.355 e. The highest BCUT2D eigenvalue weighted by atomic mass is 127. The molecule has 0 bridgehead atoms. The van der Waals surface area contributed by atoms with Crippen LogP contribution >= 0.6 is 35.3 Å². The zero-order valence-corrected chi connectivity index (χ0v) is 18.5. The minimum atomic E-state index is 0. The molecule has 0 saturated heterocycles. The molecule has 6 nitrogen and oxygen atoms in total. The molecule has 0 spiro atoms. The summed E-state index contributed by atoms with van der Waals surface area (Å²) in [6.45, 7) is 4.49. The fourth-order valence-electron chi connectivity index (χ4n) is 3.19. The first kappa shape index (κ1) is 21.1. The second kappa shape index (κ2) is 11.5. The number of rotatable bonds is 7. The SMILES string of the molecule is CCc1nncn1CCNC(=NCc1cccs1)NC1CCCCC1.I. The van der Waals surface area contributed by atoms with E-state index in [1.807, 2.05) is 0 Å². The summed E-state index contributed by atoms with van der Waals surface area (Å²) in [5.74, 6) is 1.95. The topological polar surface area (TPSA) is 67.1 Å². The van der Waals surface area contributed by atoms with Crippen LogP contribution in [0.15, 0.2) is 28.8 Å². The molecule has 2 N–H and O–H groups in total. The monoisotopic (exact) mass is 488 g/mol. The van der Waals surface area contributed by atoms with E-state index in [-0.39, 0.29) is 24.0 Å². The molecular weight excluding hydrogens is 459 g/mol. The molecule has 1 saturated carbocycles. The first-order valence-corrected chi connectivity index (χ1v) is 10.2. The first-order chi connectivity index (χ1) is 12.3. The lowest BCUT2D eigenvalue weighted by Crippen LogP contribution is -2.45. The average Bonchev–Trinajstić information content (AvgIpc) is 3.32. The maximum Gasteiger partial charge on any atom is 0.191 e. The van der Waals surface area contributed by atoms with Gasteiger partial charge in [0, 0.05) is 30.4 Å². The highest BCUT2D eigenvalue weighted by Gasteiger charge is 2.14. The fourth-order valence-corrected chi connectivity index (χ4v) is 3.81. The van der Waals surface area contributed by atoms with Crippen molar-refractivity contribution in [2.45, 2.75) is 64.6 Å². The summed E-state index contributed by atoms with van der Waals surface area (Å²) in [4.78, 5) is 6.07. The zero-order valence-electron chi connectivity index (χ0n) is 15.4. The first-order valence-electron chi connectivity index (χ1n) is 9.29. The number of hydrogen-bond donors (Lipinski definition) is 2. The van der Waals surface area contributed by atoms with E-state index in [1.165, 1.54) is 37.0 Å². The normalized spacial score (nSPS) is 15.5. The van der Waals surface area contributed by atoms with Crippen molar-refractivity contribution in [1.82, 2.24) is 25.4 Å². The van der Waals surface area contributed by atoms with Gasteiger partial charge < -0.3 is 15.2 Å². The molecule has 2 heterocycles. The summed E-state index contributed by atoms with van der Waals surface area (Å²) in [5.41, 5.74) is 0. The Balaban J connectivity index is 0.00000243. The van der Waals surface area contributed by atoms with Crippen LogP contribution in [0.2, 0.25) is 0 Å². The van der Waals surface area contributed by atoms with Gasteiger partial charge in [0.1, 0.15) is 12.2 Å². The van der Waals surface area contributed by atoms with Crippen LogP contribution in [0.3, 0.4) is 0 Å². The summed E-state index contributed by atoms with van der Waals surface area (Å²) >= 11 is 1.75. The van der Waals surface area contributed by atoms with Crippen LogP contribution in [-0.4, -0.2) is 33.3 Å². The molecule has 1 aliphatic carbocycles. The molecule has 0 aromatic carbocycles. The van der Waals surface area contributed by atoms with Crippen LogP contribution in [0.1, 0.15) is 49.7 Å². The van der Waals surface area contributed by atoms with Crippen molar-refractivity contribution in [1.29, 1.82) is 0 Å². The maximum absolute atomic E-state index is 4.79. The quantitative estimate of drug-likeness (QED) is 0.355. The Morgan fingerprint density at radius 3 is 2.92 bits per heavy atom. The summed E-state index contributed by atoms with van der Waals surface area (Å²) in [6, 6.07) is 4.76. The van der Waals surface area contributed by atoms with Crippen LogP contribution in [0.25, 0.3) is 0 Å².